The largest absolute Gasteiger partial charge is 0.508 e. The lowest BCUT2D eigenvalue weighted by molar-refractivity contribution is -0.131. The summed E-state index contributed by atoms with van der Waals surface area (Å²) in [6, 6.07) is 31.4. The molecule has 0 spiro atoms. The summed E-state index contributed by atoms with van der Waals surface area (Å²) in [5, 5.41) is 21.8. The standard InChI is InChI=1S/C53H53N7O5/c1-33-25-37-7-5-6-8-39(37)32-59(33)52(63)44-28-40-31-58(48(62)26-36-11-9-35(10-12-36)17-19-57-21-23-65-24-22-57)20-18-38(40)27-43(44)46-29-45-51(56(46)4)49-47(30-54)55(3)34(2)50(49)60(53(45)64)41-13-15-42(61)16-14-41/h5-16,27-29,33,61H,17-26,31-32H2,1-4H3/t33-/m1/s1. The second-order valence-corrected chi connectivity index (χ2v) is 18.0. The van der Waals surface area contributed by atoms with Crippen molar-refractivity contribution in [2.24, 2.45) is 14.1 Å². The number of aryl methyl sites for hydroxylation is 2. The molecule has 0 unspecified atom stereocenters. The van der Waals surface area contributed by atoms with E-state index in [2.05, 4.69) is 60.4 Å². The molecule has 10 rings (SSSR count). The summed E-state index contributed by atoms with van der Waals surface area (Å²) in [6.07, 6.45) is 2.58. The molecule has 1 N–H and O–H groups in total. The molecule has 2 amide bonds. The van der Waals surface area contributed by atoms with Crippen molar-refractivity contribution in [2.75, 3.05) is 39.4 Å². The molecule has 0 bridgehead atoms. The molecule has 1 atom stereocenters. The number of fused-ring (bicyclic) bond motifs is 5. The van der Waals surface area contributed by atoms with E-state index in [0.717, 1.165) is 73.6 Å². The number of nitriles is 1. The van der Waals surface area contributed by atoms with E-state index >= 15 is 4.79 Å². The van der Waals surface area contributed by atoms with Gasteiger partial charge in [-0.3, -0.25) is 23.9 Å². The van der Waals surface area contributed by atoms with Crippen LogP contribution in [0.1, 0.15) is 62.1 Å². The highest BCUT2D eigenvalue weighted by molar-refractivity contribution is 6.11. The van der Waals surface area contributed by atoms with Crippen LogP contribution in [0.3, 0.4) is 0 Å². The maximum Gasteiger partial charge on any atom is 0.265 e. The lowest BCUT2D eigenvalue weighted by Gasteiger charge is -2.36. The minimum absolute atomic E-state index is 0.0454. The molecule has 65 heavy (non-hydrogen) atoms. The fraction of sp³-hybridized carbons (Fsp3) is 0.321. The average molecular weight is 868 g/mol. The lowest BCUT2D eigenvalue weighted by atomic mass is 9.89. The second-order valence-electron chi connectivity index (χ2n) is 18.0. The number of ether oxygens (including phenoxy) is 1. The normalized spacial score (nSPS) is 16.4. The van der Waals surface area contributed by atoms with Gasteiger partial charge in [-0.25, -0.2) is 0 Å². The maximum atomic E-state index is 15.2. The minimum Gasteiger partial charge on any atom is -0.508 e. The van der Waals surface area contributed by atoms with Gasteiger partial charge in [-0.15, -0.1) is 0 Å². The number of aromatic nitrogens is 3. The van der Waals surface area contributed by atoms with Crippen LogP contribution in [0.25, 0.3) is 38.8 Å². The molecule has 0 aliphatic carbocycles. The number of amides is 2. The van der Waals surface area contributed by atoms with Crippen molar-refractivity contribution in [3.63, 3.8) is 0 Å². The number of carbonyl (C=O) groups is 2. The van der Waals surface area contributed by atoms with E-state index in [0.29, 0.717) is 82.5 Å². The minimum atomic E-state index is -0.276. The van der Waals surface area contributed by atoms with Crippen LogP contribution in [0.2, 0.25) is 0 Å². The molecule has 0 radical (unpaired) electrons. The monoisotopic (exact) mass is 867 g/mol. The van der Waals surface area contributed by atoms with E-state index in [4.69, 9.17) is 4.74 Å². The van der Waals surface area contributed by atoms with E-state index in [1.807, 2.05) is 64.2 Å². The van der Waals surface area contributed by atoms with E-state index in [1.165, 1.54) is 11.1 Å². The van der Waals surface area contributed by atoms with Gasteiger partial charge in [-0.05, 0) is 109 Å². The van der Waals surface area contributed by atoms with Gasteiger partial charge in [-0.1, -0.05) is 48.5 Å². The SMILES string of the molecule is Cc1c2c(c(C#N)n1C)c1c(cc(-c3cc4c(cc3C(=O)N3Cc5ccccc5C[C@H]3C)CN(C(=O)Cc3ccc(CCN5CCOCC5)cc3)CC4)n1C)c(=O)n2-c1ccc(O)cc1. The molecule has 7 aromatic rings. The molecule has 3 aliphatic heterocycles. The quantitative estimate of drug-likeness (QED) is 0.175. The van der Waals surface area contributed by atoms with Crippen molar-refractivity contribution in [1.82, 2.24) is 28.4 Å². The fourth-order valence-electron chi connectivity index (χ4n) is 10.4. The summed E-state index contributed by atoms with van der Waals surface area (Å²) in [5.74, 6) is 0.00356. The first-order valence-electron chi connectivity index (χ1n) is 22.6. The van der Waals surface area contributed by atoms with Gasteiger partial charge in [0.2, 0.25) is 5.91 Å². The van der Waals surface area contributed by atoms with Crippen molar-refractivity contribution in [2.45, 2.75) is 58.7 Å². The van der Waals surface area contributed by atoms with Gasteiger partial charge in [0, 0.05) is 87.6 Å². The number of phenolic OH excluding ortho intramolecular Hbond substituents is 1. The van der Waals surface area contributed by atoms with Crippen LogP contribution in [-0.2, 0) is 62.4 Å². The highest BCUT2D eigenvalue weighted by Crippen LogP contribution is 2.39. The summed E-state index contributed by atoms with van der Waals surface area (Å²) in [6.45, 7) is 9.85. The summed E-state index contributed by atoms with van der Waals surface area (Å²) in [7, 11) is 3.72. The first-order chi connectivity index (χ1) is 31.5. The summed E-state index contributed by atoms with van der Waals surface area (Å²) in [5.41, 5.74) is 11.1. The number of hydrogen-bond donors (Lipinski definition) is 1. The third-order valence-electron chi connectivity index (χ3n) is 14.2. The number of benzene rings is 4. The topological polar surface area (TPSA) is 129 Å². The lowest BCUT2D eigenvalue weighted by Crippen LogP contribution is -2.43. The number of morpholine rings is 1. The zero-order valence-electron chi connectivity index (χ0n) is 37.4. The van der Waals surface area contributed by atoms with Crippen LogP contribution in [0.4, 0.5) is 0 Å². The van der Waals surface area contributed by atoms with E-state index in [1.54, 1.807) is 28.8 Å². The smallest absolute Gasteiger partial charge is 0.265 e. The molecular weight excluding hydrogens is 815 g/mol. The molecule has 1 saturated heterocycles. The Morgan fingerprint density at radius 1 is 0.831 bits per heavy atom. The highest BCUT2D eigenvalue weighted by atomic mass is 16.5. The maximum absolute atomic E-state index is 15.2. The number of pyridine rings is 1. The number of nitrogens with zero attached hydrogens (tertiary/aromatic N) is 7. The van der Waals surface area contributed by atoms with Crippen molar-refractivity contribution >= 4 is 33.6 Å². The van der Waals surface area contributed by atoms with E-state index in [-0.39, 0.29) is 29.2 Å². The van der Waals surface area contributed by atoms with Crippen molar-refractivity contribution in [3.8, 4) is 28.8 Å². The highest BCUT2D eigenvalue weighted by Gasteiger charge is 2.33. The van der Waals surface area contributed by atoms with Crippen molar-refractivity contribution in [1.29, 1.82) is 5.26 Å². The molecule has 3 aromatic heterocycles. The Morgan fingerprint density at radius 3 is 2.29 bits per heavy atom. The Balaban J connectivity index is 1.04. The predicted octanol–water partition coefficient (Wildman–Crippen LogP) is 6.96. The van der Waals surface area contributed by atoms with Crippen LogP contribution in [0.15, 0.2) is 95.8 Å². The molecule has 330 valence electrons. The molecule has 6 heterocycles. The van der Waals surface area contributed by atoms with Crippen LogP contribution in [-0.4, -0.2) is 90.8 Å². The van der Waals surface area contributed by atoms with E-state index < -0.39 is 0 Å². The van der Waals surface area contributed by atoms with Gasteiger partial charge in [0.05, 0.1) is 41.4 Å². The molecule has 0 saturated carbocycles. The van der Waals surface area contributed by atoms with Crippen molar-refractivity contribution in [3.05, 3.63) is 152 Å². The summed E-state index contributed by atoms with van der Waals surface area (Å²) in [4.78, 5) is 50.3. The zero-order valence-corrected chi connectivity index (χ0v) is 37.4. The van der Waals surface area contributed by atoms with Crippen molar-refractivity contribution < 1.29 is 19.4 Å². The third-order valence-corrected chi connectivity index (χ3v) is 14.2. The molecular formula is C53H53N7O5. The van der Waals surface area contributed by atoms with Crippen LogP contribution >= 0.6 is 0 Å². The fourth-order valence-corrected chi connectivity index (χ4v) is 10.4. The second kappa shape index (κ2) is 16.9. The van der Waals surface area contributed by atoms with Crippen LogP contribution in [0.5, 0.6) is 5.75 Å². The van der Waals surface area contributed by atoms with E-state index in [9.17, 15) is 20.0 Å². The Morgan fingerprint density at radius 2 is 1.55 bits per heavy atom. The third kappa shape index (κ3) is 7.48. The van der Waals surface area contributed by atoms with Gasteiger partial charge in [-0.2, -0.15) is 5.26 Å². The van der Waals surface area contributed by atoms with Crippen LogP contribution < -0.4 is 5.56 Å². The van der Waals surface area contributed by atoms with Gasteiger partial charge in [0.1, 0.15) is 17.5 Å². The number of carbonyl (C=O) groups excluding carboxylic acids is 2. The number of phenols is 1. The van der Waals surface area contributed by atoms with Crippen LogP contribution in [0, 0.1) is 18.3 Å². The summed E-state index contributed by atoms with van der Waals surface area (Å²) < 4.78 is 10.9. The predicted molar refractivity (Wildman–Crippen MR) is 251 cm³/mol. The zero-order chi connectivity index (χ0) is 45.1. The number of hydrogen-bond acceptors (Lipinski definition) is 7. The Kier molecular flexibility index (Phi) is 10.9. The molecule has 12 nitrogen and oxygen atoms in total. The molecule has 1 fully saturated rings. The Labute approximate surface area is 378 Å². The van der Waals surface area contributed by atoms with Gasteiger partial charge >= 0.3 is 0 Å². The number of aromatic hydroxyl groups is 1. The molecule has 12 heteroatoms. The Hall–Kier alpha value is -6.94. The first kappa shape index (κ1) is 42.0. The summed E-state index contributed by atoms with van der Waals surface area (Å²) >= 11 is 0. The molecule has 4 aromatic carbocycles. The Bertz CT molecular complexity index is 3130. The van der Waals surface area contributed by atoms with Gasteiger partial charge < -0.3 is 28.8 Å². The average Bonchev–Trinajstić information content (AvgIpc) is 3.80. The first-order valence-corrected chi connectivity index (χ1v) is 22.6. The number of rotatable bonds is 8. The van der Waals surface area contributed by atoms with Gasteiger partial charge in [0.15, 0.2) is 0 Å². The van der Waals surface area contributed by atoms with Gasteiger partial charge in [0.25, 0.3) is 11.5 Å². The molecule has 3 aliphatic rings.